The van der Waals surface area contributed by atoms with Gasteiger partial charge < -0.3 is 11.1 Å². The number of nitrogens with zero attached hydrogens (tertiary/aromatic N) is 2. The first-order valence-corrected chi connectivity index (χ1v) is 8.21. The Morgan fingerprint density at radius 1 is 1.48 bits per heavy atom. The van der Waals surface area contributed by atoms with Gasteiger partial charge >= 0.3 is 0 Å². The Hall–Kier alpha value is -1.56. The lowest BCUT2D eigenvalue weighted by atomic mass is 9.95. The normalized spacial score (nSPS) is 16.9. The van der Waals surface area contributed by atoms with Gasteiger partial charge in [0, 0.05) is 17.8 Å². The third-order valence-corrected chi connectivity index (χ3v) is 4.84. The fraction of sp³-hybridized carbons (Fsp3) is 0.375. The van der Waals surface area contributed by atoms with Gasteiger partial charge in [-0.3, -0.25) is 4.79 Å². The molecule has 3 rings (SSSR count). The fourth-order valence-corrected chi connectivity index (χ4v) is 3.11. The molecule has 1 aliphatic rings. The average Bonchev–Trinajstić information content (AvgIpc) is 3.26. The molecule has 0 bridgehead atoms. The maximum absolute atomic E-state index is 12.5. The predicted octanol–water partition coefficient (Wildman–Crippen LogP) is 3.04. The molecule has 0 spiro atoms. The van der Waals surface area contributed by atoms with Gasteiger partial charge in [-0.1, -0.05) is 23.2 Å². The molecule has 5 nitrogen and oxygen atoms in total. The van der Waals surface area contributed by atoms with E-state index < -0.39 is 0 Å². The molecule has 1 heterocycles. The Morgan fingerprint density at radius 2 is 2.22 bits per heavy atom. The molecule has 1 saturated carbocycles. The first-order chi connectivity index (χ1) is 10.9. The van der Waals surface area contributed by atoms with E-state index in [1.54, 1.807) is 29.1 Å². The molecule has 1 fully saturated rings. The van der Waals surface area contributed by atoms with Crippen LogP contribution < -0.4 is 11.1 Å². The highest BCUT2D eigenvalue weighted by Crippen LogP contribution is 2.39. The molecule has 0 radical (unpaired) electrons. The van der Waals surface area contributed by atoms with Crippen LogP contribution in [0.15, 0.2) is 30.6 Å². The second-order valence-corrected chi connectivity index (χ2v) is 6.96. The number of nitrogens with one attached hydrogen (secondary N) is 1. The zero-order valence-electron chi connectivity index (χ0n) is 12.7. The van der Waals surface area contributed by atoms with Crippen molar-refractivity contribution < 1.29 is 4.79 Å². The highest BCUT2D eigenvalue weighted by molar-refractivity contribution is 6.35. The Bertz CT molecular complexity index is 741. The molecule has 122 valence electrons. The zero-order chi connectivity index (χ0) is 16.6. The number of amides is 1. The molecule has 2 aromatic rings. The van der Waals surface area contributed by atoms with Crippen molar-refractivity contribution in [2.24, 2.45) is 11.7 Å². The van der Waals surface area contributed by atoms with Gasteiger partial charge in [-0.05, 0) is 43.9 Å². The van der Waals surface area contributed by atoms with Crippen LogP contribution in [0.4, 0.5) is 0 Å². The van der Waals surface area contributed by atoms with Gasteiger partial charge in [-0.25, -0.2) is 4.68 Å². The summed E-state index contributed by atoms with van der Waals surface area (Å²) in [5.41, 5.74) is 6.61. The number of carbonyl (C=O) groups excluding carboxylic acids is 1. The van der Waals surface area contributed by atoms with Crippen molar-refractivity contribution in [3.8, 4) is 5.69 Å². The molecular formula is C16H18Cl2N4O. The van der Waals surface area contributed by atoms with Crippen LogP contribution in [0.25, 0.3) is 5.69 Å². The quantitative estimate of drug-likeness (QED) is 0.868. The van der Waals surface area contributed by atoms with E-state index >= 15 is 0 Å². The van der Waals surface area contributed by atoms with Crippen LogP contribution >= 0.6 is 23.2 Å². The van der Waals surface area contributed by atoms with E-state index in [1.165, 1.54) is 6.20 Å². The largest absolute Gasteiger partial charge is 0.345 e. The summed E-state index contributed by atoms with van der Waals surface area (Å²) in [4.78, 5) is 12.5. The number of benzene rings is 1. The van der Waals surface area contributed by atoms with E-state index in [2.05, 4.69) is 10.4 Å². The SMILES string of the molecule is CC(CN)(NC(=O)c1cnn(-c2ccc(Cl)cc2Cl)c1)C1CC1. The minimum absolute atomic E-state index is 0.179. The highest BCUT2D eigenvalue weighted by atomic mass is 35.5. The van der Waals surface area contributed by atoms with Crippen LogP contribution in [-0.4, -0.2) is 27.8 Å². The van der Waals surface area contributed by atoms with Crippen molar-refractivity contribution in [1.29, 1.82) is 0 Å². The number of halogens is 2. The van der Waals surface area contributed by atoms with E-state index in [9.17, 15) is 4.79 Å². The van der Waals surface area contributed by atoms with Crippen LogP contribution in [0.1, 0.15) is 30.1 Å². The maximum Gasteiger partial charge on any atom is 0.254 e. The van der Waals surface area contributed by atoms with Crippen LogP contribution in [0.2, 0.25) is 10.0 Å². The van der Waals surface area contributed by atoms with Crippen LogP contribution in [0.5, 0.6) is 0 Å². The van der Waals surface area contributed by atoms with Crippen molar-refractivity contribution in [1.82, 2.24) is 15.1 Å². The van der Waals surface area contributed by atoms with Gasteiger partial charge in [0.25, 0.3) is 5.91 Å². The summed E-state index contributed by atoms with van der Waals surface area (Å²) < 4.78 is 1.56. The zero-order valence-corrected chi connectivity index (χ0v) is 14.2. The third kappa shape index (κ3) is 3.37. The molecule has 1 aromatic heterocycles. The summed E-state index contributed by atoms with van der Waals surface area (Å²) in [6.45, 7) is 2.41. The Labute approximate surface area is 144 Å². The number of hydrogen-bond acceptors (Lipinski definition) is 3. The lowest BCUT2D eigenvalue weighted by Crippen LogP contribution is -2.53. The number of carbonyl (C=O) groups is 1. The van der Waals surface area contributed by atoms with E-state index in [-0.39, 0.29) is 11.4 Å². The number of nitrogens with two attached hydrogens (primary N) is 1. The molecule has 1 aliphatic carbocycles. The summed E-state index contributed by atoms with van der Waals surface area (Å²) in [7, 11) is 0. The second-order valence-electron chi connectivity index (χ2n) is 6.12. The lowest BCUT2D eigenvalue weighted by Gasteiger charge is -2.29. The maximum atomic E-state index is 12.5. The highest BCUT2D eigenvalue weighted by Gasteiger charge is 2.41. The Morgan fingerprint density at radius 3 is 2.83 bits per heavy atom. The molecule has 7 heteroatoms. The standard InChI is InChI=1S/C16H18Cl2N4O/c1-16(9-19,11-2-3-11)21-15(23)10-7-20-22(8-10)14-5-4-12(17)6-13(14)18/h4-8,11H,2-3,9,19H2,1H3,(H,21,23). The van der Waals surface area contributed by atoms with Crippen molar-refractivity contribution in [3.63, 3.8) is 0 Å². The lowest BCUT2D eigenvalue weighted by molar-refractivity contribution is 0.0898. The molecule has 0 aliphatic heterocycles. The van der Waals surface area contributed by atoms with E-state index in [1.807, 2.05) is 6.92 Å². The molecule has 3 N–H and O–H groups in total. The van der Waals surface area contributed by atoms with Crippen molar-refractivity contribution in [2.75, 3.05) is 6.54 Å². The monoisotopic (exact) mass is 352 g/mol. The summed E-state index contributed by atoms with van der Waals surface area (Å²) in [6.07, 6.45) is 5.37. The number of aromatic nitrogens is 2. The van der Waals surface area contributed by atoms with Gasteiger partial charge in [0.15, 0.2) is 0 Å². The molecule has 1 unspecified atom stereocenters. The van der Waals surface area contributed by atoms with Gasteiger partial charge in [0.05, 0.1) is 28.0 Å². The van der Waals surface area contributed by atoms with E-state index in [4.69, 9.17) is 28.9 Å². The van der Waals surface area contributed by atoms with Gasteiger partial charge in [0.2, 0.25) is 0 Å². The average molecular weight is 353 g/mol. The number of rotatable bonds is 5. The molecule has 1 amide bonds. The molecule has 0 saturated heterocycles. The van der Waals surface area contributed by atoms with Crippen molar-refractivity contribution in [3.05, 3.63) is 46.2 Å². The molecule has 1 atom stereocenters. The van der Waals surface area contributed by atoms with Gasteiger partial charge in [-0.15, -0.1) is 0 Å². The first kappa shape index (κ1) is 16.3. The third-order valence-electron chi connectivity index (χ3n) is 4.30. The predicted molar refractivity (Wildman–Crippen MR) is 91.2 cm³/mol. The first-order valence-electron chi connectivity index (χ1n) is 7.45. The topological polar surface area (TPSA) is 72.9 Å². The molecular weight excluding hydrogens is 335 g/mol. The van der Waals surface area contributed by atoms with E-state index in [0.29, 0.717) is 33.8 Å². The summed E-state index contributed by atoms with van der Waals surface area (Å²) in [6, 6.07) is 5.12. The minimum Gasteiger partial charge on any atom is -0.345 e. The Kier molecular flexibility index (Phi) is 4.36. The summed E-state index contributed by atoms with van der Waals surface area (Å²) in [5, 5.41) is 8.27. The minimum atomic E-state index is -0.364. The van der Waals surface area contributed by atoms with Crippen LogP contribution in [-0.2, 0) is 0 Å². The Balaban J connectivity index is 1.80. The number of hydrogen-bond donors (Lipinski definition) is 2. The van der Waals surface area contributed by atoms with E-state index in [0.717, 1.165) is 12.8 Å². The summed E-state index contributed by atoms with van der Waals surface area (Å²) in [5.74, 6) is 0.276. The molecule has 1 aromatic carbocycles. The smallest absolute Gasteiger partial charge is 0.254 e. The van der Waals surface area contributed by atoms with Crippen molar-refractivity contribution in [2.45, 2.75) is 25.3 Å². The van der Waals surface area contributed by atoms with Crippen LogP contribution in [0.3, 0.4) is 0 Å². The second kappa shape index (κ2) is 6.15. The fourth-order valence-electron chi connectivity index (χ4n) is 2.61. The van der Waals surface area contributed by atoms with Gasteiger partial charge in [-0.2, -0.15) is 5.10 Å². The summed E-state index contributed by atoms with van der Waals surface area (Å²) >= 11 is 12.1. The van der Waals surface area contributed by atoms with Gasteiger partial charge in [0.1, 0.15) is 0 Å². The van der Waals surface area contributed by atoms with Crippen molar-refractivity contribution >= 4 is 29.1 Å². The molecule has 23 heavy (non-hydrogen) atoms. The van der Waals surface area contributed by atoms with Crippen LogP contribution in [0, 0.1) is 5.92 Å².